The first-order chi connectivity index (χ1) is 14.3. The van der Waals surface area contributed by atoms with Crippen molar-refractivity contribution >= 4 is 29.9 Å². The lowest BCUT2D eigenvalue weighted by atomic mass is 10.1. The molecular weight excluding hydrogens is 487 g/mol. The minimum atomic E-state index is 0. The average Bonchev–Trinajstić information content (AvgIpc) is 2.78. The third kappa shape index (κ3) is 8.41. The Morgan fingerprint density at radius 2 is 1.67 bits per heavy atom. The number of hydrogen-bond donors (Lipinski definition) is 2. The van der Waals surface area contributed by atoms with Crippen molar-refractivity contribution in [1.29, 1.82) is 0 Å². The van der Waals surface area contributed by atoms with Gasteiger partial charge in [-0.05, 0) is 48.7 Å². The van der Waals surface area contributed by atoms with Gasteiger partial charge < -0.3 is 15.4 Å². The van der Waals surface area contributed by atoms with Gasteiger partial charge in [0.15, 0.2) is 5.96 Å². The minimum absolute atomic E-state index is 0. The van der Waals surface area contributed by atoms with Crippen molar-refractivity contribution in [3.63, 3.8) is 0 Å². The van der Waals surface area contributed by atoms with Crippen LogP contribution in [0.5, 0.6) is 5.75 Å². The number of nitrogens with one attached hydrogen (secondary N) is 2. The van der Waals surface area contributed by atoms with Crippen LogP contribution < -0.4 is 15.4 Å². The summed E-state index contributed by atoms with van der Waals surface area (Å²) in [5.74, 6) is 1.69. The highest BCUT2D eigenvalue weighted by Gasteiger charge is 2.00. The lowest BCUT2D eigenvalue weighted by molar-refractivity contribution is 0.306. The Morgan fingerprint density at radius 3 is 2.37 bits per heavy atom. The highest BCUT2D eigenvalue weighted by Crippen LogP contribution is 2.14. The number of pyridine rings is 1. The van der Waals surface area contributed by atoms with Crippen LogP contribution in [0.1, 0.15) is 23.7 Å². The summed E-state index contributed by atoms with van der Waals surface area (Å²) in [5, 5.41) is 6.65. The Balaban J connectivity index is 0.00000320. The summed E-state index contributed by atoms with van der Waals surface area (Å²) in [5.41, 5.74) is 3.38. The van der Waals surface area contributed by atoms with E-state index in [4.69, 9.17) is 4.74 Å². The maximum Gasteiger partial charge on any atom is 0.191 e. The van der Waals surface area contributed by atoms with Crippen LogP contribution in [-0.4, -0.2) is 24.0 Å². The number of halogens is 1. The maximum absolute atomic E-state index is 5.85. The molecule has 0 fully saturated rings. The zero-order chi connectivity index (χ0) is 20.2. The number of rotatable bonds is 9. The topological polar surface area (TPSA) is 58.5 Å². The number of benzene rings is 2. The van der Waals surface area contributed by atoms with Crippen LogP contribution in [0.2, 0.25) is 0 Å². The van der Waals surface area contributed by atoms with E-state index in [0.29, 0.717) is 13.2 Å². The van der Waals surface area contributed by atoms with Crippen LogP contribution in [0.4, 0.5) is 0 Å². The van der Waals surface area contributed by atoms with Crippen LogP contribution in [0.25, 0.3) is 0 Å². The first-order valence-electron chi connectivity index (χ1n) is 10.0. The summed E-state index contributed by atoms with van der Waals surface area (Å²) in [4.78, 5) is 8.90. The van der Waals surface area contributed by atoms with Gasteiger partial charge in [0.2, 0.25) is 0 Å². The molecule has 0 aliphatic heterocycles. The van der Waals surface area contributed by atoms with Gasteiger partial charge in [-0.25, -0.2) is 4.99 Å². The molecule has 1 aromatic heterocycles. The fourth-order valence-corrected chi connectivity index (χ4v) is 2.81. The molecule has 5 nitrogen and oxygen atoms in total. The van der Waals surface area contributed by atoms with Crippen LogP contribution in [0.3, 0.4) is 0 Å². The second kappa shape index (κ2) is 13.6. The van der Waals surface area contributed by atoms with Crippen LogP contribution in [-0.2, 0) is 19.6 Å². The first-order valence-corrected chi connectivity index (χ1v) is 10.0. The molecule has 2 N–H and O–H groups in total. The van der Waals surface area contributed by atoms with Gasteiger partial charge in [-0.1, -0.05) is 48.5 Å². The molecule has 0 aliphatic rings. The highest BCUT2D eigenvalue weighted by molar-refractivity contribution is 14.0. The molecule has 158 valence electrons. The van der Waals surface area contributed by atoms with Gasteiger partial charge in [0, 0.05) is 19.3 Å². The number of ether oxygens (including phenoxy) is 1. The molecule has 0 amide bonds. The smallest absolute Gasteiger partial charge is 0.191 e. The van der Waals surface area contributed by atoms with Crippen LogP contribution in [0, 0.1) is 0 Å². The van der Waals surface area contributed by atoms with Crippen LogP contribution >= 0.6 is 24.0 Å². The molecule has 30 heavy (non-hydrogen) atoms. The molecule has 3 aromatic rings. The summed E-state index contributed by atoms with van der Waals surface area (Å²) in [7, 11) is 0. The summed E-state index contributed by atoms with van der Waals surface area (Å²) < 4.78 is 5.85. The van der Waals surface area contributed by atoms with E-state index in [1.54, 1.807) is 6.20 Å². The van der Waals surface area contributed by atoms with E-state index < -0.39 is 0 Å². The molecule has 0 radical (unpaired) electrons. The third-order valence-electron chi connectivity index (χ3n) is 4.35. The standard InChI is InChI=1S/C24H28N4O.HI/c1-2-25-24(28-18-22-10-6-7-16-26-22)27-17-15-20-11-13-23(14-12-20)29-19-21-8-4-3-5-9-21;/h3-14,16H,2,15,17-19H2,1H3,(H2,25,27,28);1H. The quantitative estimate of drug-likeness (QED) is 0.249. The summed E-state index contributed by atoms with van der Waals surface area (Å²) in [6.45, 7) is 4.83. The lowest BCUT2D eigenvalue weighted by Gasteiger charge is -2.12. The molecule has 6 heteroatoms. The molecule has 0 aliphatic carbocycles. The Bertz CT molecular complexity index is 871. The van der Waals surface area contributed by atoms with Gasteiger partial charge in [0.05, 0.1) is 12.2 Å². The van der Waals surface area contributed by atoms with Gasteiger partial charge in [0.1, 0.15) is 12.4 Å². The summed E-state index contributed by atoms with van der Waals surface area (Å²) >= 11 is 0. The zero-order valence-corrected chi connectivity index (χ0v) is 19.6. The number of hydrogen-bond acceptors (Lipinski definition) is 3. The van der Waals surface area contributed by atoms with Gasteiger partial charge in [-0.15, -0.1) is 24.0 Å². The number of nitrogens with zero attached hydrogens (tertiary/aromatic N) is 2. The molecular formula is C24H29IN4O. The summed E-state index contributed by atoms with van der Waals surface area (Å²) in [6.07, 6.45) is 2.70. The molecule has 1 heterocycles. The SMILES string of the molecule is CCNC(=NCc1ccccn1)NCCc1ccc(OCc2ccccc2)cc1.I. The third-order valence-corrected chi connectivity index (χ3v) is 4.35. The van der Waals surface area contributed by atoms with E-state index >= 15 is 0 Å². The van der Waals surface area contributed by atoms with Crippen LogP contribution in [0.15, 0.2) is 84.0 Å². The van der Waals surface area contributed by atoms with Gasteiger partial charge >= 0.3 is 0 Å². The van der Waals surface area contributed by atoms with E-state index in [-0.39, 0.29) is 24.0 Å². The minimum Gasteiger partial charge on any atom is -0.489 e. The monoisotopic (exact) mass is 516 g/mol. The predicted molar refractivity (Wildman–Crippen MR) is 133 cm³/mol. The van der Waals surface area contributed by atoms with Crippen molar-refractivity contribution in [2.45, 2.75) is 26.5 Å². The highest BCUT2D eigenvalue weighted by atomic mass is 127. The fourth-order valence-electron chi connectivity index (χ4n) is 2.81. The normalized spacial score (nSPS) is 10.8. The largest absolute Gasteiger partial charge is 0.489 e. The van der Waals surface area contributed by atoms with Crippen molar-refractivity contribution in [1.82, 2.24) is 15.6 Å². The first kappa shape index (κ1) is 23.7. The van der Waals surface area contributed by atoms with Gasteiger partial charge in [0.25, 0.3) is 0 Å². The summed E-state index contributed by atoms with van der Waals surface area (Å²) in [6, 6.07) is 24.3. The maximum atomic E-state index is 5.85. The van der Waals surface area contributed by atoms with E-state index in [0.717, 1.165) is 36.9 Å². The van der Waals surface area contributed by atoms with Crippen molar-refractivity contribution < 1.29 is 4.74 Å². The molecule has 0 spiro atoms. The average molecular weight is 516 g/mol. The van der Waals surface area contributed by atoms with Crippen molar-refractivity contribution in [3.8, 4) is 5.75 Å². The van der Waals surface area contributed by atoms with E-state index in [1.807, 2.05) is 48.5 Å². The van der Waals surface area contributed by atoms with E-state index in [1.165, 1.54) is 11.1 Å². The Kier molecular flexibility index (Phi) is 10.7. The van der Waals surface area contributed by atoms with Crippen molar-refractivity contribution in [3.05, 3.63) is 95.8 Å². The second-order valence-corrected chi connectivity index (χ2v) is 6.61. The zero-order valence-electron chi connectivity index (χ0n) is 17.3. The molecule has 0 saturated carbocycles. The predicted octanol–water partition coefficient (Wildman–Crippen LogP) is 4.58. The fraction of sp³-hybridized carbons (Fsp3) is 0.250. The molecule has 0 bridgehead atoms. The van der Waals surface area contributed by atoms with Gasteiger partial charge in [-0.3, -0.25) is 4.98 Å². The molecule has 0 unspecified atom stereocenters. The number of aliphatic imine (C=N–C) groups is 1. The molecule has 0 saturated heterocycles. The van der Waals surface area contributed by atoms with Crippen molar-refractivity contribution in [2.24, 2.45) is 4.99 Å². The van der Waals surface area contributed by atoms with Gasteiger partial charge in [-0.2, -0.15) is 0 Å². The van der Waals surface area contributed by atoms with E-state index in [9.17, 15) is 0 Å². The Labute approximate surface area is 196 Å². The van der Waals surface area contributed by atoms with Crippen molar-refractivity contribution in [2.75, 3.05) is 13.1 Å². The van der Waals surface area contributed by atoms with E-state index in [2.05, 4.69) is 51.8 Å². The number of guanidine groups is 1. The lowest BCUT2D eigenvalue weighted by Crippen LogP contribution is -2.38. The molecule has 0 atom stereocenters. The number of aromatic nitrogens is 1. The molecule has 2 aromatic carbocycles. The Hall–Kier alpha value is -2.61. The molecule has 3 rings (SSSR count). The Morgan fingerprint density at radius 1 is 0.900 bits per heavy atom. The second-order valence-electron chi connectivity index (χ2n) is 6.61.